The normalized spacial score (nSPS) is 18.2. The molecule has 0 bridgehead atoms. The van der Waals surface area contributed by atoms with Crippen LogP contribution in [0.2, 0.25) is 0 Å². The number of aliphatic hydroxyl groups is 1. The molecule has 4 nitrogen and oxygen atoms in total. The molecule has 0 aliphatic carbocycles. The molecule has 0 aromatic heterocycles. The van der Waals surface area contributed by atoms with Gasteiger partial charge in [-0.15, -0.1) is 0 Å². The molecule has 4 heteroatoms. The van der Waals surface area contributed by atoms with Crippen molar-refractivity contribution in [2.75, 3.05) is 26.2 Å². The summed E-state index contributed by atoms with van der Waals surface area (Å²) in [6.07, 6.45) is 2.26. The molecular formula is C16H24N2O2. The van der Waals surface area contributed by atoms with Gasteiger partial charge in [0.1, 0.15) is 0 Å². The second-order valence-corrected chi connectivity index (χ2v) is 5.57. The third kappa shape index (κ3) is 3.58. The van der Waals surface area contributed by atoms with Crippen molar-refractivity contribution < 1.29 is 9.90 Å². The summed E-state index contributed by atoms with van der Waals surface area (Å²) < 4.78 is 0. The zero-order valence-electron chi connectivity index (χ0n) is 12.4. The van der Waals surface area contributed by atoms with Crippen LogP contribution in [-0.2, 0) is 0 Å². The summed E-state index contributed by atoms with van der Waals surface area (Å²) in [5.74, 6) is 0.0100. The molecule has 2 N–H and O–H groups in total. The molecule has 1 aromatic carbocycles. The van der Waals surface area contributed by atoms with Crippen LogP contribution < -0.4 is 5.32 Å². The Morgan fingerprint density at radius 1 is 1.40 bits per heavy atom. The van der Waals surface area contributed by atoms with Gasteiger partial charge < -0.3 is 15.3 Å². The Morgan fingerprint density at radius 2 is 2.20 bits per heavy atom. The first-order valence-corrected chi connectivity index (χ1v) is 7.32. The van der Waals surface area contributed by atoms with Crippen LogP contribution in [0.15, 0.2) is 18.2 Å². The van der Waals surface area contributed by atoms with Crippen LogP contribution in [0.1, 0.15) is 34.3 Å². The van der Waals surface area contributed by atoms with Gasteiger partial charge in [0.05, 0.1) is 6.61 Å². The fourth-order valence-electron chi connectivity index (χ4n) is 2.63. The fourth-order valence-corrected chi connectivity index (χ4v) is 2.63. The van der Waals surface area contributed by atoms with Crippen molar-refractivity contribution in [3.05, 3.63) is 34.9 Å². The molecule has 1 aromatic rings. The van der Waals surface area contributed by atoms with Crippen molar-refractivity contribution in [1.82, 2.24) is 10.2 Å². The van der Waals surface area contributed by atoms with Crippen LogP contribution in [0.25, 0.3) is 0 Å². The number of aliphatic hydroxyl groups excluding tert-OH is 1. The Balaban J connectivity index is 2.10. The predicted octanol–water partition coefficient (Wildman–Crippen LogP) is 1.49. The number of hydrogen-bond donors (Lipinski definition) is 2. The van der Waals surface area contributed by atoms with Crippen LogP contribution >= 0.6 is 0 Å². The minimum absolute atomic E-state index is 0.00328. The van der Waals surface area contributed by atoms with E-state index in [1.807, 2.05) is 32.0 Å². The molecule has 110 valence electrons. The van der Waals surface area contributed by atoms with Crippen LogP contribution in [0.4, 0.5) is 0 Å². The smallest absolute Gasteiger partial charge is 0.253 e. The molecule has 1 atom stereocenters. The summed E-state index contributed by atoms with van der Waals surface area (Å²) in [6.45, 7) is 6.15. The SMILES string of the molecule is Cc1ccc(C(=O)N(CCO)CC2CCCN2)cc1C. The number of benzene rings is 1. The predicted molar refractivity (Wildman–Crippen MR) is 79.9 cm³/mol. The number of carbonyl (C=O) groups is 1. The molecular weight excluding hydrogens is 252 g/mol. The van der Waals surface area contributed by atoms with Crippen molar-refractivity contribution in [3.63, 3.8) is 0 Å². The number of nitrogens with zero attached hydrogens (tertiary/aromatic N) is 1. The van der Waals surface area contributed by atoms with Gasteiger partial charge in [0, 0.05) is 24.7 Å². The van der Waals surface area contributed by atoms with E-state index in [9.17, 15) is 9.90 Å². The summed E-state index contributed by atoms with van der Waals surface area (Å²) in [4.78, 5) is 14.3. The molecule has 0 saturated carbocycles. The monoisotopic (exact) mass is 276 g/mol. The van der Waals surface area contributed by atoms with Crippen molar-refractivity contribution in [1.29, 1.82) is 0 Å². The van der Waals surface area contributed by atoms with Crippen LogP contribution in [0, 0.1) is 13.8 Å². The average Bonchev–Trinajstić information content (AvgIpc) is 2.93. The summed E-state index contributed by atoms with van der Waals surface area (Å²) in [7, 11) is 0. The number of hydrogen-bond acceptors (Lipinski definition) is 3. The number of nitrogens with one attached hydrogen (secondary N) is 1. The minimum Gasteiger partial charge on any atom is -0.395 e. The Bertz CT molecular complexity index is 468. The Morgan fingerprint density at radius 3 is 2.80 bits per heavy atom. The molecule has 1 amide bonds. The molecule has 1 heterocycles. The summed E-state index contributed by atoms with van der Waals surface area (Å²) in [6, 6.07) is 6.14. The molecule has 20 heavy (non-hydrogen) atoms. The molecule has 1 aliphatic heterocycles. The van der Waals surface area contributed by atoms with Crippen molar-refractivity contribution in [2.45, 2.75) is 32.7 Å². The molecule has 1 saturated heterocycles. The lowest BCUT2D eigenvalue weighted by Crippen LogP contribution is -2.42. The number of amides is 1. The molecule has 1 fully saturated rings. The Hall–Kier alpha value is -1.39. The van der Waals surface area contributed by atoms with Gasteiger partial charge in [-0.05, 0) is 56.5 Å². The van der Waals surface area contributed by atoms with Gasteiger partial charge in [0.2, 0.25) is 0 Å². The maximum Gasteiger partial charge on any atom is 0.253 e. The van der Waals surface area contributed by atoms with Crippen molar-refractivity contribution >= 4 is 5.91 Å². The third-order valence-electron chi connectivity index (χ3n) is 4.01. The zero-order valence-corrected chi connectivity index (χ0v) is 12.4. The topological polar surface area (TPSA) is 52.6 Å². The van der Waals surface area contributed by atoms with Crippen LogP contribution in [-0.4, -0.2) is 48.2 Å². The fraction of sp³-hybridized carbons (Fsp3) is 0.562. The molecule has 0 radical (unpaired) electrons. The highest BCUT2D eigenvalue weighted by molar-refractivity contribution is 5.94. The van der Waals surface area contributed by atoms with E-state index in [0.717, 1.165) is 24.9 Å². The van der Waals surface area contributed by atoms with E-state index < -0.39 is 0 Å². The highest BCUT2D eigenvalue weighted by atomic mass is 16.3. The maximum atomic E-state index is 12.6. The van der Waals surface area contributed by atoms with Crippen LogP contribution in [0.5, 0.6) is 0 Å². The maximum absolute atomic E-state index is 12.6. The zero-order chi connectivity index (χ0) is 14.5. The van der Waals surface area contributed by atoms with Gasteiger partial charge in [-0.3, -0.25) is 4.79 Å². The van der Waals surface area contributed by atoms with E-state index in [1.165, 1.54) is 5.56 Å². The molecule has 0 spiro atoms. The van der Waals surface area contributed by atoms with Gasteiger partial charge in [0.15, 0.2) is 0 Å². The van der Waals surface area contributed by atoms with E-state index in [-0.39, 0.29) is 12.5 Å². The molecule has 1 aliphatic rings. The van der Waals surface area contributed by atoms with Gasteiger partial charge in [-0.25, -0.2) is 0 Å². The standard InChI is InChI=1S/C16H24N2O2/c1-12-5-6-14(10-13(12)2)16(20)18(8-9-19)11-15-4-3-7-17-15/h5-6,10,15,17,19H,3-4,7-9,11H2,1-2H3. The molecule has 1 unspecified atom stereocenters. The van der Waals surface area contributed by atoms with Crippen molar-refractivity contribution in [3.8, 4) is 0 Å². The van der Waals surface area contributed by atoms with Crippen molar-refractivity contribution in [2.24, 2.45) is 0 Å². The minimum atomic E-state index is 0.00328. The largest absolute Gasteiger partial charge is 0.395 e. The van der Waals surface area contributed by atoms with Gasteiger partial charge in [0.25, 0.3) is 5.91 Å². The quantitative estimate of drug-likeness (QED) is 0.856. The van der Waals surface area contributed by atoms with E-state index in [0.29, 0.717) is 24.7 Å². The van der Waals surface area contributed by atoms with E-state index in [4.69, 9.17) is 0 Å². The number of aryl methyl sites for hydroxylation is 2. The lowest BCUT2D eigenvalue weighted by atomic mass is 10.1. The lowest BCUT2D eigenvalue weighted by molar-refractivity contribution is 0.0706. The Labute approximate surface area is 120 Å². The van der Waals surface area contributed by atoms with E-state index >= 15 is 0 Å². The first kappa shape index (κ1) is 15.0. The summed E-state index contributed by atoms with van der Waals surface area (Å²) in [5.41, 5.74) is 3.02. The van der Waals surface area contributed by atoms with Crippen LogP contribution in [0.3, 0.4) is 0 Å². The van der Waals surface area contributed by atoms with E-state index in [2.05, 4.69) is 5.32 Å². The summed E-state index contributed by atoms with van der Waals surface area (Å²) in [5, 5.41) is 12.6. The second kappa shape index (κ2) is 6.86. The highest BCUT2D eigenvalue weighted by Gasteiger charge is 2.22. The number of carbonyl (C=O) groups excluding carboxylic acids is 1. The third-order valence-corrected chi connectivity index (χ3v) is 4.01. The molecule has 2 rings (SSSR count). The highest BCUT2D eigenvalue weighted by Crippen LogP contribution is 2.14. The Kier molecular flexibility index (Phi) is 5.15. The second-order valence-electron chi connectivity index (χ2n) is 5.57. The first-order valence-electron chi connectivity index (χ1n) is 7.32. The number of rotatable bonds is 5. The lowest BCUT2D eigenvalue weighted by Gasteiger charge is -2.25. The van der Waals surface area contributed by atoms with Gasteiger partial charge in [-0.1, -0.05) is 6.07 Å². The first-order chi connectivity index (χ1) is 9.61. The van der Waals surface area contributed by atoms with E-state index in [1.54, 1.807) is 4.90 Å². The summed E-state index contributed by atoms with van der Waals surface area (Å²) >= 11 is 0. The van der Waals surface area contributed by atoms with Gasteiger partial charge >= 0.3 is 0 Å². The van der Waals surface area contributed by atoms with Gasteiger partial charge in [-0.2, -0.15) is 0 Å². The average molecular weight is 276 g/mol.